The number of rotatable bonds is 2. The summed E-state index contributed by atoms with van der Waals surface area (Å²) in [6.07, 6.45) is 0. The highest BCUT2D eigenvalue weighted by atomic mass is 35.5. The van der Waals surface area contributed by atoms with Gasteiger partial charge in [-0.2, -0.15) is 4.31 Å². The van der Waals surface area contributed by atoms with Gasteiger partial charge in [0, 0.05) is 25.2 Å². The highest BCUT2D eigenvalue weighted by Gasteiger charge is 2.40. The molecule has 0 radical (unpaired) electrons. The van der Waals surface area contributed by atoms with Crippen molar-refractivity contribution in [3.8, 4) is 0 Å². The Morgan fingerprint density at radius 3 is 2.61 bits per heavy atom. The first-order valence-electron chi connectivity index (χ1n) is 5.43. The van der Waals surface area contributed by atoms with Crippen LogP contribution in [0.5, 0.6) is 0 Å². The van der Waals surface area contributed by atoms with E-state index in [1.54, 1.807) is 0 Å². The van der Waals surface area contributed by atoms with Gasteiger partial charge in [0.25, 0.3) is 0 Å². The zero-order valence-electron chi connectivity index (χ0n) is 10.0. The molecule has 0 amide bonds. The first-order chi connectivity index (χ1) is 8.25. The summed E-state index contributed by atoms with van der Waals surface area (Å²) in [5, 5.41) is 3.19. The molecular weight excluding hydrogens is 315 g/mol. The second kappa shape index (κ2) is 4.92. The molecular formula is C10H14Cl2N2O2S2. The number of hydrogen-bond acceptors (Lipinski definition) is 4. The number of piperazine rings is 1. The van der Waals surface area contributed by atoms with Crippen LogP contribution in [0.4, 0.5) is 0 Å². The fraction of sp³-hybridized carbons (Fsp3) is 0.600. The Balaban J connectivity index is 2.45. The third-order valence-electron chi connectivity index (χ3n) is 2.92. The van der Waals surface area contributed by atoms with Gasteiger partial charge >= 0.3 is 0 Å². The number of halogens is 2. The van der Waals surface area contributed by atoms with Gasteiger partial charge < -0.3 is 5.32 Å². The van der Waals surface area contributed by atoms with E-state index in [9.17, 15) is 8.42 Å². The first-order valence-corrected chi connectivity index (χ1v) is 8.45. The summed E-state index contributed by atoms with van der Waals surface area (Å²) in [7, 11) is -3.59. The van der Waals surface area contributed by atoms with Crippen LogP contribution in [-0.4, -0.2) is 37.9 Å². The van der Waals surface area contributed by atoms with Gasteiger partial charge in [0.2, 0.25) is 10.0 Å². The normalized spacial score (nSPS) is 21.1. The van der Waals surface area contributed by atoms with Crippen LogP contribution in [0.25, 0.3) is 0 Å². The van der Waals surface area contributed by atoms with Crippen LogP contribution >= 0.6 is 34.5 Å². The van der Waals surface area contributed by atoms with Crippen molar-refractivity contribution in [3.63, 3.8) is 0 Å². The molecule has 0 unspecified atom stereocenters. The standard InChI is InChI=1S/C10H14Cl2N2O2S2/c1-10(2)6-13-3-4-14(10)18(15,16)7-5-8(11)17-9(7)12/h5,13H,3-4,6H2,1-2H3. The lowest BCUT2D eigenvalue weighted by atomic mass is 10.0. The van der Waals surface area contributed by atoms with Gasteiger partial charge in [-0.15, -0.1) is 11.3 Å². The van der Waals surface area contributed by atoms with Crippen molar-refractivity contribution in [1.29, 1.82) is 0 Å². The lowest BCUT2D eigenvalue weighted by Crippen LogP contribution is -2.59. The number of nitrogens with zero attached hydrogens (tertiary/aromatic N) is 1. The third kappa shape index (κ3) is 2.55. The molecule has 0 spiro atoms. The summed E-state index contributed by atoms with van der Waals surface area (Å²) in [5.41, 5.74) is -0.477. The molecule has 1 aromatic heterocycles. The van der Waals surface area contributed by atoms with E-state index in [2.05, 4.69) is 5.32 Å². The van der Waals surface area contributed by atoms with Gasteiger partial charge in [-0.05, 0) is 19.9 Å². The molecule has 1 aromatic rings. The van der Waals surface area contributed by atoms with Gasteiger partial charge in [-0.3, -0.25) is 0 Å². The summed E-state index contributed by atoms with van der Waals surface area (Å²) in [6, 6.07) is 1.42. The van der Waals surface area contributed by atoms with Crippen molar-refractivity contribution < 1.29 is 8.42 Å². The first kappa shape index (κ1) is 14.6. The van der Waals surface area contributed by atoms with E-state index < -0.39 is 15.6 Å². The molecule has 0 saturated carbocycles. The number of hydrogen-bond donors (Lipinski definition) is 1. The predicted octanol–water partition coefficient (Wildman–Crippen LogP) is 2.43. The van der Waals surface area contributed by atoms with E-state index in [4.69, 9.17) is 23.2 Å². The Bertz CT molecular complexity index is 554. The quantitative estimate of drug-likeness (QED) is 0.907. The topological polar surface area (TPSA) is 49.4 Å². The van der Waals surface area contributed by atoms with Crippen LogP contribution in [-0.2, 0) is 10.0 Å². The maximum atomic E-state index is 12.6. The Morgan fingerprint density at radius 1 is 1.44 bits per heavy atom. The highest BCUT2D eigenvalue weighted by molar-refractivity contribution is 7.89. The van der Waals surface area contributed by atoms with Gasteiger partial charge in [0.05, 0.1) is 4.34 Å². The zero-order chi connectivity index (χ0) is 13.6. The lowest BCUT2D eigenvalue weighted by Gasteiger charge is -2.41. The van der Waals surface area contributed by atoms with Crippen LogP contribution in [0.3, 0.4) is 0 Å². The molecule has 4 nitrogen and oxygen atoms in total. The second-order valence-corrected chi connectivity index (χ2v) is 8.87. The van der Waals surface area contributed by atoms with Crippen LogP contribution in [0, 0.1) is 0 Å². The van der Waals surface area contributed by atoms with Crippen LogP contribution in [0.2, 0.25) is 8.67 Å². The van der Waals surface area contributed by atoms with Crippen LogP contribution in [0.15, 0.2) is 11.0 Å². The van der Waals surface area contributed by atoms with Gasteiger partial charge in [-0.25, -0.2) is 8.42 Å². The molecule has 0 aliphatic carbocycles. The highest BCUT2D eigenvalue weighted by Crippen LogP contribution is 2.37. The van der Waals surface area contributed by atoms with E-state index in [1.807, 2.05) is 13.8 Å². The van der Waals surface area contributed by atoms with Gasteiger partial charge in [0.1, 0.15) is 9.23 Å². The largest absolute Gasteiger partial charge is 0.314 e. The Kier molecular flexibility index (Phi) is 3.98. The smallest absolute Gasteiger partial charge is 0.246 e. The monoisotopic (exact) mass is 328 g/mol. The molecule has 0 bridgehead atoms. The van der Waals surface area contributed by atoms with Gasteiger partial charge in [0.15, 0.2) is 0 Å². The molecule has 8 heteroatoms. The predicted molar refractivity (Wildman–Crippen MR) is 75.2 cm³/mol. The van der Waals surface area contributed by atoms with Crippen LogP contribution in [0.1, 0.15) is 13.8 Å². The van der Waals surface area contributed by atoms with E-state index in [0.717, 1.165) is 11.3 Å². The van der Waals surface area contributed by atoms with E-state index in [1.165, 1.54) is 10.4 Å². The molecule has 0 atom stereocenters. The molecule has 1 N–H and O–H groups in total. The Labute approximate surface area is 121 Å². The number of nitrogens with one attached hydrogen (secondary N) is 1. The molecule has 1 aliphatic rings. The zero-order valence-corrected chi connectivity index (χ0v) is 13.2. The molecule has 2 heterocycles. The number of thiophene rings is 1. The molecule has 0 aromatic carbocycles. The third-order valence-corrected chi connectivity index (χ3v) is 6.78. The van der Waals surface area contributed by atoms with Crippen molar-refractivity contribution in [2.75, 3.05) is 19.6 Å². The average molecular weight is 329 g/mol. The van der Waals surface area contributed by atoms with Crippen molar-refractivity contribution in [2.24, 2.45) is 0 Å². The van der Waals surface area contributed by atoms with Crippen molar-refractivity contribution in [1.82, 2.24) is 9.62 Å². The van der Waals surface area contributed by atoms with Crippen molar-refractivity contribution in [3.05, 3.63) is 14.7 Å². The van der Waals surface area contributed by atoms with E-state index >= 15 is 0 Å². The maximum Gasteiger partial charge on any atom is 0.246 e. The number of sulfonamides is 1. The second-order valence-electron chi connectivity index (χ2n) is 4.75. The summed E-state index contributed by atoms with van der Waals surface area (Å²) in [6.45, 7) is 5.45. The van der Waals surface area contributed by atoms with Crippen LogP contribution < -0.4 is 5.32 Å². The maximum absolute atomic E-state index is 12.6. The van der Waals surface area contributed by atoms with E-state index in [0.29, 0.717) is 24.0 Å². The van der Waals surface area contributed by atoms with Gasteiger partial charge in [-0.1, -0.05) is 23.2 Å². The fourth-order valence-corrected chi connectivity index (χ4v) is 5.93. The average Bonchev–Trinajstić information content (AvgIpc) is 2.57. The minimum atomic E-state index is -3.59. The molecule has 1 saturated heterocycles. The molecule has 2 rings (SSSR count). The Morgan fingerprint density at radius 2 is 2.11 bits per heavy atom. The summed E-state index contributed by atoms with van der Waals surface area (Å²) in [4.78, 5) is 0.106. The molecule has 18 heavy (non-hydrogen) atoms. The molecule has 102 valence electrons. The minimum Gasteiger partial charge on any atom is -0.314 e. The SMILES string of the molecule is CC1(C)CNCCN1S(=O)(=O)c1cc(Cl)sc1Cl. The Hall–Kier alpha value is 0.150. The lowest BCUT2D eigenvalue weighted by molar-refractivity contribution is 0.186. The van der Waals surface area contributed by atoms with E-state index in [-0.39, 0.29) is 9.23 Å². The van der Waals surface area contributed by atoms with Crippen molar-refractivity contribution >= 4 is 44.6 Å². The van der Waals surface area contributed by atoms with Crippen molar-refractivity contribution in [2.45, 2.75) is 24.3 Å². The molecule has 1 aliphatic heterocycles. The summed E-state index contributed by atoms with van der Waals surface area (Å²) >= 11 is 12.8. The fourth-order valence-electron chi connectivity index (χ4n) is 2.03. The summed E-state index contributed by atoms with van der Waals surface area (Å²) in [5.74, 6) is 0. The molecule has 1 fully saturated rings. The summed E-state index contributed by atoms with van der Waals surface area (Å²) < 4.78 is 27.3. The minimum absolute atomic E-state index is 0.106.